The van der Waals surface area contributed by atoms with Crippen LogP contribution in [0.4, 0.5) is 0 Å². The smallest absolute Gasteiger partial charge is 0.186 e. The van der Waals surface area contributed by atoms with Crippen LogP contribution in [-0.2, 0) is 10.5 Å². The van der Waals surface area contributed by atoms with Gasteiger partial charge in [0.2, 0.25) is 0 Å². The summed E-state index contributed by atoms with van der Waals surface area (Å²) >= 11 is 1.27. The molecule has 0 atom stereocenters. The summed E-state index contributed by atoms with van der Waals surface area (Å²) in [6.45, 7) is 1.55. The van der Waals surface area contributed by atoms with Crippen LogP contribution in [0.25, 0.3) is 0 Å². The fraction of sp³-hybridized carbons (Fsp3) is 0.333. The minimum Gasteiger partial charge on any atom is -0.351 e. The predicted octanol–water partition coefficient (Wildman–Crippen LogP) is 1.19. The van der Waals surface area contributed by atoms with Crippen molar-refractivity contribution in [2.75, 3.05) is 0 Å². The summed E-state index contributed by atoms with van der Waals surface area (Å²) in [5, 5.41) is 0.128. The highest BCUT2D eigenvalue weighted by Gasteiger charge is 1.96. The van der Waals surface area contributed by atoms with E-state index < -0.39 is 0 Å². The van der Waals surface area contributed by atoms with Crippen molar-refractivity contribution in [1.82, 2.24) is 9.97 Å². The van der Waals surface area contributed by atoms with Gasteiger partial charge in [0.25, 0.3) is 0 Å². The first-order valence-corrected chi connectivity index (χ1v) is 3.88. The third-order valence-corrected chi connectivity index (χ3v) is 1.82. The van der Waals surface area contributed by atoms with Gasteiger partial charge in [0.15, 0.2) is 5.12 Å². The highest BCUT2D eigenvalue weighted by molar-refractivity contribution is 8.12. The maximum absolute atomic E-state index is 10.5. The number of carbonyl (C=O) groups excluding carboxylic acids is 1. The molecule has 0 unspecified atom stereocenters. The number of carbonyl (C=O) groups is 1. The quantitative estimate of drug-likeness (QED) is 0.699. The van der Waals surface area contributed by atoms with Gasteiger partial charge in [-0.2, -0.15) is 0 Å². The normalized spacial score (nSPS) is 9.70. The summed E-state index contributed by atoms with van der Waals surface area (Å²) in [6, 6.07) is 0. The Labute approximate surface area is 63.2 Å². The van der Waals surface area contributed by atoms with Crippen LogP contribution in [0.1, 0.15) is 12.6 Å². The highest BCUT2D eigenvalue weighted by atomic mass is 32.2. The first-order chi connectivity index (χ1) is 4.79. The summed E-state index contributed by atoms with van der Waals surface area (Å²) in [5.74, 6) is 0.666. The molecule has 0 aliphatic carbocycles. The second-order valence-electron chi connectivity index (χ2n) is 1.84. The van der Waals surface area contributed by atoms with E-state index in [1.165, 1.54) is 11.8 Å². The lowest BCUT2D eigenvalue weighted by atomic mass is 10.6. The molecule has 1 heterocycles. The second kappa shape index (κ2) is 3.41. The molecule has 1 aromatic rings. The number of rotatable bonds is 2. The number of imidazole rings is 1. The van der Waals surface area contributed by atoms with Gasteiger partial charge in [0.05, 0.1) is 12.0 Å². The molecular weight excluding hydrogens is 148 g/mol. The summed E-state index contributed by atoms with van der Waals surface area (Å²) in [5.41, 5.74) is 0.917. The van der Waals surface area contributed by atoms with E-state index in [9.17, 15) is 4.79 Å². The van der Waals surface area contributed by atoms with Crippen LogP contribution in [0.15, 0.2) is 12.5 Å². The Kier molecular flexibility index (Phi) is 2.50. The van der Waals surface area contributed by atoms with Crippen LogP contribution < -0.4 is 0 Å². The standard InChI is InChI=1S/C6H8N2OS/c1-5(9)10-3-6-2-7-4-8-6/h2,4H,3H2,1H3,(H,7,8). The third-order valence-electron chi connectivity index (χ3n) is 0.978. The molecule has 0 aliphatic rings. The van der Waals surface area contributed by atoms with E-state index in [1.807, 2.05) is 0 Å². The molecule has 0 fully saturated rings. The van der Waals surface area contributed by atoms with Crippen LogP contribution in [0.3, 0.4) is 0 Å². The molecule has 0 aliphatic heterocycles. The van der Waals surface area contributed by atoms with Crippen LogP contribution >= 0.6 is 11.8 Å². The van der Waals surface area contributed by atoms with Crippen LogP contribution in [0.5, 0.6) is 0 Å². The minimum absolute atomic E-state index is 0.128. The number of H-pyrrole nitrogens is 1. The van der Waals surface area contributed by atoms with E-state index in [0.29, 0.717) is 5.75 Å². The molecule has 1 aromatic heterocycles. The molecule has 0 bridgehead atoms. The van der Waals surface area contributed by atoms with Crippen molar-refractivity contribution in [3.63, 3.8) is 0 Å². The van der Waals surface area contributed by atoms with E-state index >= 15 is 0 Å². The Balaban J connectivity index is 2.35. The molecule has 54 valence electrons. The largest absolute Gasteiger partial charge is 0.351 e. The maximum atomic E-state index is 10.5. The third kappa shape index (κ3) is 2.23. The molecule has 3 nitrogen and oxygen atoms in total. The van der Waals surface area contributed by atoms with Crippen LogP contribution in [-0.4, -0.2) is 15.1 Å². The number of hydrogen-bond donors (Lipinski definition) is 1. The molecule has 0 radical (unpaired) electrons. The average Bonchev–Trinajstić information content (AvgIpc) is 2.34. The van der Waals surface area contributed by atoms with Gasteiger partial charge in [0.1, 0.15) is 0 Å². The number of nitrogens with one attached hydrogen (secondary N) is 1. The SMILES string of the molecule is CC(=O)SCc1c[nH]cn1. The van der Waals surface area contributed by atoms with Crippen LogP contribution in [0.2, 0.25) is 0 Å². The fourth-order valence-electron chi connectivity index (χ4n) is 0.545. The lowest BCUT2D eigenvalue weighted by Crippen LogP contribution is -1.84. The Hall–Kier alpha value is -0.770. The van der Waals surface area contributed by atoms with Crippen molar-refractivity contribution < 1.29 is 4.79 Å². The summed E-state index contributed by atoms with van der Waals surface area (Å²) in [6.07, 6.45) is 3.39. The zero-order chi connectivity index (χ0) is 7.40. The first kappa shape index (κ1) is 7.34. The number of hydrogen-bond acceptors (Lipinski definition) is 3. The summed E-state index contributed by atoms with van der Waals surface area (Å²) < 4.78 is 0. The zero-order valence-electron chi connectivity index (χ0n) is 5.63. The van der Waals surface area contributed by atoms with Crippen molar-refractivity contribution in [3.05, 3.63) is 18.2 Å². The number of nitrogens with zero attached hydrogens (tertiary/aromatic N) is 1. The molecule has 0 saturated heterocycles. The van der Waals surface area contributed by atoms with Crippen LogP contribution in [0, 0.1) is 0 Å². The second-order valence-corrected chi connectivity index (χ2v) is 2.99. The Morgan fingerprint density at radius 3 is 3.20 bits per heavy atom. The van der Waals surface area contributed by atoms with Crippen molar-refractivity contribution in [2.24, 2.45) is 0 Å². The Bertz CT molecular complexity index is 208. The first-order valence-electron chi connectivity index (χ1n) is 2.90. The number of aromatic amines is 1. The summed E-state index contributed by atoms with van der Waals surface area (Å²) in [7, 11) is 0. The Morgan fingerprint density at radius 2 is 2.70 bits per heavy atom. The zero-order valence-corrected chi connectivity index (χ0v) is 6.44. The van der Waals surface area contributed by atoms with Gasteiger partial charge >= 0.3 is 0 Å². The lowest BCUT2D eigenvalue weighted by molar-refractivity contribution is -0.109. The fourth-order valence-corrected chi connectivity index (χ4v) is 1.05. The van der Waals surface area contributed by atoms with E-state index in [-0.39, 0.29) is 5.12 Å². The van der Waals surface area contributed by atoms with Crippen molar-refractivity contribution in [3.8, 4) is 0 Å². The Morgan fingerprint density at radius 1 is 1.90 bits per heavy atom. The predicted molar refractivity (Wildman–Crippen MR) is 40.6 cm³/mol. The topological polar surface area (TPSA) is 45.8 Å². The minimum atomic E-state index is 0.128. The molecule has 10 heavy (non-hydrogen) atoms. The molecule has 1 rings (SSSR count). The van der Waals surface area contributed by atoms with Gasteiger partial charge in [-0.05, 0) is 0 Å². The van der Waals surface area contributed by atoms with Gasteiger partial charge in [-0.1, -0.05) is 11.8 Å². The van der Waals surface area contributed by atoms with Gasteiger partial charge in [-0.15, -0.1) is 0 Å². The molecule has 4 heteroatoms. The van der Waals surface area contributed by atoms with Gasteiger partial charge in [-0.25, -0.2) is 4.98 Å². The van der Waals surface area contributed by atoms with E-state index in [1.54, 1.807) is 19.4 Å². The maximum Gasteiger partial charge on any atom is 0.186 e. The average molecular weight is 156 g/mol. The lowest BCUT2D eigenvalue weighted by Gasteiger charge is -1.89. The monoisotopic (exact) mass is 156 g/mol. The number of aromatic nitrogens is 2. The van der Waals surface area contributed by atoms with Crippen molar-refractivity contribution in [2.45, 2.75) is 12.7 Å². The summed E-state index contributed by atoms with van der Waals surface area (Å²) in [4.78, 5) is 17.2. The number of thioether (sulfide) groups is 1. The van der Waals surface area contributed by atoms with Gasteiger partial charge in [-0.3, -0.25) is 4.79 Å². The van der Waals surface area contributed by atoms with Crippen molar-refractivity contribution in [1.29, 1.82) is 0 Å². The molecule has 0 spiro atoms. The molecule has 1 N–H and O–H groups in total. The molecule has 0 amide bonds. The van der Waals surface area contributed by atoms with E-state index in [0.717, 1.165) is 5.69 Å². The van der Waals surface area contributed by atoms with Gasteiger partial charge < -0.3 is 4.98 Å². The van der Waals surface area contributed by atoms with E-state index in [2.05, 4.69) is 9.97 Å². The molecule has 0 aromatic carbocycles. The van der Waals surface area contributed by atoms with E-state index in [4.69, 9.17) is 0 Å². The highest BCUT2D eigenvalue weighted by Crippen LogP contribution is 2.08. The van der Waals surface area contributed by atoms with Crippen molar-refractivity contribution >= 4 is 16.9 Å². The molecule has 0 saturated carbocycles. The molecular formula is C6H8N2OS. The van der Waals surface area contributed by atoms with Gasteiger partial charge in [0, 0.05) is 18.9 Å².